The normalized spacial score (nSPS) is 15.1. The highest BCUT2D eigenvalue weighted by molar-refractivity contribution is 7.99. The molecule has 0 N–H and O–H groups in total. The quantitative estimate of drug-likeness (QED) is 0.383. The number of rotatable bonds is 7. The Bertz CT molecular complexity index is 1110. The molecule has 4 rings (SSSR count). The fourth-order valence-electron chi connectivity index (χ4n) is 3.20. The molecule has 1 aliphatic rings. The maximum absolute atomic E-state index is 13.2. The van der Waals surface area contributed by atoms with Gasteiger partial charge in [0.25, 0.3) is 0 Å². The molecule has 1 fully saturated rings. The summed E-state index contributed by atoms with van der Waals surface area (Å²) in [5.41, 5.74) is 0.767. The molecule has 0 saturated heterocycles. The van der Waals surface area contributed by atoms with Crippen LogP contribution in [0.1, 0.15) is 63.9 Å². The highest BCUT2D eigenvalue weighted by Crippen LogP contribution is 2.42. The number of halogens is 3. The van der Waals surface area contributed by atoms with Crippen molar-refractivity contribution < 1.29 is 18.0 Å². The Hall–Kier alpha value is -2.75. The fourth-order valence-corrected chi connectivity index (χ4v) is 4.11. The highest BCUT2D eigenvalue weighted by Gasteiger charge is 2.35. The Morgan fingerprint density at radius 3 is 2.71 bits per heavy atom. The van der Waals surface area contributed by atoms with Gasteiger partial charge in [0.2, 0.25) is 0 Å². The van der Waals surface area contributed by atoms with E-state index in [1.165, 1.54) is 17.8 Å². The predicted molar refractivity (Wildman–Crippen MR) is 109 cm³/mol. The van der Waals surface area contributed by atoms with E-state index in [9.17, 15) is 18.0 Å². The van der Waals surface area contributed by atoms with Crippen molar-refractivity contribution in [3.8, 4) is 0 Å². The lowest BCUT2D eigenvalue weighted by atomic mass is 10.0. The first-order valence-corrected chi connectivity index (χ1v) is 10.7. The maximum Gasteiger partial charge on any atom is 0.433 e. The number of nitrogens with zero attached hydrogens (tertiary/aromatic N) is 5. The standard InChI is InChI=1S/C21H20F3N5OS/c1-12(31-20-28-26-11-29(20)2)14-5-6-25-16(7-14)10-18(30)17-8-15(13-3-4-13)9-19(27-17)21(22,23)24/h5-9,11-13H,3-4,10H2,1-2H3/t12-/m0/s1. The van der Waals surface area contributed by atoms with Crippen LogP contribution in [0, 0.1) is 0 Å². The Balaban J connectivity index is 1.53. The SMILES string of the molecule is C[C@H](Sc1nncn1C)c1ccnc(CC(=O)c2cc(C3CC3)cc(C(F)(F)F)n2)c1. The van der Waals surface area contributed by atoms with Crippen molar-refractivity contribution in [3.63, 3.8) is 0 Å². The second kappa shape index (κ2) is 8.41. The van der Waals surface area contributed by atoms with E-state index in [0.717, 1.165) is 29.6 Å². The van der Waals surface area contributed by atoms with Crippen molar-refractivity contribution >= 4 is 17.5 Å². The van der Waals surface area contributed by atoms with Gasteiger partial charge in [0, 0.05) is 24.2 Å². The molecular weight excluding hydrogens is 427 g/mol. The van der Waals surface area contributed by atoms with Crippen molar-refractivity contribution in [2.45, 2.75) is 48.7 Å². The molecule has 1 aliphatic carbocycles. The number of Topliss-reactive ketones (excluding diaryl/α,β-unsaturated/α-hetero) is 1. The number of alkyl halides is 3. The second-order valence-corrected chi connectivity index (χ2v) is 8.92. The minimum Gasteiger partial charge on any atom is -0.312 e. The number of thioether (sulfide) groups is 1. The first kappa shape index (κ1) is 21.5. The summed E-state index contributed by atoms with van der Waals surface area (Å²) in [6.45, 7) is 2.00. The van der Waals surface area contributed by atoms with Gasteiger partial charge in [-0.05, 0) is 61.1 Å². The first-order valence-electron chi connectivity index (χ1n) is 9.78. The lowest BCUT2D eigenvalue weighted by Gasteiger charge is -2.12. The van der Waals surface area contributed by atoms with Gasteiger partial charge in [0.15, 0.2) is 10.9 Å². The largest absolute Gasteiger partial charge is 0.433 e. The average Bonchev–Trinajstić information content (AvgIpc) is 3.51. The lowest BCUT2D eigenvalue weighted by Crippen LogP contribution is -2.14. The fraction of sp³-hybridized carbons (Fsp3) is 0.381. The molecule has 1 saturated carbocycles. The zero-order valence-corrected chi connectivity index (χ0v) is 17.7. The third-order valence-electron chi connectivity index (χ3n) is 5.08. The van der Waals surface area contributed by atoms with Gasteiger partial charge in [-0.1, -0.05) is 11.8 Å². The van der Waals surface area contributed by atoms with Gasteiger partial charge in [-0.25, -0.2) is 4.98 Å². The first-order chi connectivity index (χ1) is 14.7. The molecule has 3 heterocycles. The zero-order chi connectivity index (χ0) is 22.2. The molecule has 0 unspecified atom stereocenters. The molecule has 3 aromatic heterocycles. The average molecular weight is 447 g/mol. The van der Waals surface area contributed by atoms with E-state index in [0.29, 0.717) is 11.3 Å². The van der Waals surface area contributed by atoms with Gasteiger partial charge in [-0.2, -0.15) is 13.2 Å². The summed E-state index contributed by atoms with van der Waals surface area (Å²) in [5, 5.41) is 8.68. The summed E-state index contributed by atoms with van der Waals surface area (Å²) in [7, 11) is 1.85. The van der Waals surface area contributed by atoms with Crippen molar-refractivity contribution in [2.75, 3.05) is 0 Å². The number of hydrogen-bond acceptors (Lipinski definition) is 6. The molecule has 1 atom stereocenters. The van der Waals surface area contributed by atoms with Gasteiger partial charge in [0.1, 0.15) is 17.7 Å². The molecule has 162 valence electrons. The van der Waals surface area contributed by atoms with E-state index < -0.39 is 17.7 Å². The van der Waals surface area contributed by atoms with Crippen LogP contribution in [0.4, 0.5) is 13.2 Å². The van der Waals surface area contributed by atoms with Crippen LogP contribution in [0.3, 0.4) is 0 Å². The van der Waals surface area contributed by atoms with Crippen LogP contribution >= 0.6 is 11.8 Å². The second-order valence-electron chi connectivity index (χ2n) is 7.61. The molecule has 0 aliphatic heterocycles. The smallest absolute Gasteiger partial charge is 0.312 e. The third-order valence-corrected chi connectivity index (χ3v) is 6.28. The molecule has 0 radical (unpaired) electrons. The topological polar surface area (TPSA) is 73.6 Å². The van der Waals surface area contributed by atoms with Gasteiger partial charge < -0.3 is 4.57 Å². The molecule has 3 aromatic rings. The Morgan fingerprint density at radius 1 is 1.29 bits per heavy atom. The number of hydrogen-bond donors (Lipinski definition) is 0. The Morgan fingerprint density at radius 2 is 2.06 bits per heavy atom. The predicted octanol–water partition coefficient (Wildman–Crippen LogP) is 4.78. The Kier molecular flexibility index (Phi) is 5.83. The number of ketones is 1. The molecule has 0 aromatic carbocycles. The van der Waals surface area contributed by atoms with Crippen LogP contribution in [0.5, 0.6) is 0 Å². The van der Waals surface area contributed by atoms with Gasteiger partial charge in [-0.15, -0.1) is 10.2 Å². The van der Waals surface area contributed by atoms with Crippen LogP contribution in [0.15, 0.2) is 41.9 Å². The summed E-state index contributed by atoms with van der Waals surface area (Å²) in [6, 6.07) is 6.18. The van der Waals surface area contributed by atoms with E-state index >= 15 is 0 Å². The summed E-state index contributed by atoms with van der Waals surface area (Å²) < 4.78 is 41.6. The van der Waals surface area contributed by atoms with Crippen molar-refractivity contribution in [2.24, 2.45) is 7.05 Å². The number of carbonyl (C=O) groups is 1. The summed E-state index contributed by atoms with van der Waals surface area (Å²) in [5.74, 6) is -0.401. The number of aryl methyl sites for hydroxylation is 1. The lowest BCUT2D eigenvalue weighted by molar-refractivity contribution is -0.141. The Labute approximate surface area is 181 Å². The van der Waals surface area contributed by atoms with Gasteiger partial charge in [0.05, 0.1) is 6.42 Å². The van der Waals surface area contributed by atoms with Crippen molar-refractivity contribution in [3.05, 3.63) is 65.0 Å². The molecule has 6 nitrogen and oxygen atoms in total. The van der Waals surface area contributed by atoms with E-state index in [1.54, 1.807) is 18.6 Å². The minimum absolute atomic E-state index is 0.0212. The molecule has 10 heteroatoms. The zero-order valence-electron chi connectivity index (χ0n) is 16.9. The third kappa shape index (κ3) is 5.12. The van der Waals surface area contributed by atoms with Gasteiger partial charge >= 0.3 is 6.18 Å². The summed E-state index contributed by atoms with van der Waals surface area (Å²) >= 11 is 1.51. The van der Waals surface area contributed by atoms with Crippen LogP contribution in [0.2, 0.25) is 0 Å². The number of aromatic nitrogens is 5. The number of carbonyl (C=O) groups excluding carboxylic acids is 1. The summed E-state index contributed by atoms with van der Waals surface area (Å²) in [6.07, 6.45) is 0.169. The molecule has 0 bridgehead atoms. The molecular formula is C21H20F3N5OS. The monoisotopic (exact) mass is 447 g/mol. The van der Waals surface area contributed by atoms with E-state index in [2.05, 4.69) is 20.2 Å². The minimum atomic E-state index is -4.59. The highest BCUT2D eigenvalue weighted by atomic mass is 32.2. The van der Waals surface area contributed by atoms with Crippen LogP contribution in [-0.2, 0) is 19.6 Å². The molecule has 31 heavy (non-hydrogen) atoms. The molecule has 0 spiro atoms. The number of pyridine rings is 2. The van der Waals surface area contributed by atoms with Gasteiger partial charge in [-0.3, -0.25) is 9.78 Å². The molecule has 0 amide bonds. The van der Waals surface area contributed by atoms with Crippen molar-refractivity contribution in [1.82, 2.24) is 24.7 Å². The van der Waals surface area contributed by atoms with Crippen molar-refractivity contribution in [1.29, 1.82) is 0 Å². The summed E-state index contributed by atoms with van der Waals surface area (Å²) in [4.78, 5) is 20.6. The van der Waals surface area contributed by atoms with E-state index in [4.69, 9.17) is 0 Å². The van der Waals surface area contributed by atoms with Crippen LogP contribution < -0.4 is 0 Å². The van der Waals surface area contributed by atoms with E-state index in [-0.39, 0.29) is 23.3 Å². The van der Waals surface area contributed by atoms with Crippen LogP contribution in [-0.4, -0.2) is 30.5 Å². The maximum atomic E-state index is 13.2. The van der Waals surface area contributed by atoms with Crippen LogP contribution in [0.25, 0.3) is 0 Å². The van der Waals surface area contributed by atoms with E-state index in [1.807, 2.05) is 24.6 Å².